The largest absolute Gasteiger partial charge is 0.318 e. The average molecular weight is 458 g/mol. The lowest BCUT2D eigenvalue weighted by Crippen LogP contribution is -2.19. The second kappa shape index (κ2) is 8.71. The first-order valence-corrected chi connectivity index (χ1v) is 12.0. The Morgan fingerprint density at radius 3 is 2.18 bits per heavy atom. The van der Waals surface area contributed by atoms with Crippen LogP contribution in [0.25, 0.3) is 11.8 Å². The van der Waals surface area contributed by atoms with E-state index in [0.717, 1.165) is 39.5 Å². The number of nitrogens with one attached hydrogen (secondary N) is 1. The van der Waals surface area contributed by atoms with E-state index in [1.807, 2.05) is 18.2 Å². The molecular formula is C28H31N3OS. The van der Waals surface area contributed by atoms with Gasteiger partial charge in [-0.3, -0.25) is 4.79 Å². The molecule has 33 heavy (non-hydrogen) atoms. The normalized spacial score (nSPS) is 16.6. The minimum Gasteiger partial charge on any atom is -0.318 e. The van der Waals surface area contributed by atoms with E-state index in [0.29, 0.717) is 10.1 Å². The molecule has 4 nitrogen and oxygen atoms in total. The molecule has 1 N–H and O–H groups in total. The Morgan fingerprint density at radius 2 is 1.58 bits per heavy atom. The van der Waals surface area contributed by atoms with Gasteiger partial charge in [0.25, 0.3) is 5.91 Å². The zero-order valence-corrected chi connectivity index (χ0v) is 21.2. The van der Waals surface area contributed by atoms with Crippen molar-refractivity contribution in [2.24, 2.45) is 4.99 Å². The van der Waals surface area contributed by atoms with Gasteiger partial charge in [-0.1, -0.05) is 39.0 Å². The summed E-state index contributed by atoms with van der Waals surface area (Å²) < 4.78 is 2.24. The molecule has 1 aliphatic rings. The second-order valence-electron chi connectivity index (χ2n) is 9.79. The van der Waals surface area contributed by atoms with Crippen LogP contribution in [0.3, 0.4) is 0 Å². The molecule has 2 heterocycles. The van der Waals surface area contributed by atoms with Crippen LogP contribution >= 0.6 is 11.8 Å². The molecule has 0 unspecified atom stereocenters. The van der Waals surface area contributed by atoms with Crippen molar-refractivity contribution >= 4 is 34.6 Å². The first-order chi connectivity index (χ1) is 15.5. The molecule has 1 fully saturated rings. The monoisotopic (exact) mass is 457 g/mol. The summed E-state index contributed by atoms with van der Waals surface area (Å²) in [6.07, 6.45) is 1.96. The standard InChI is InChI=1S/C28H31N3OS/c1-17-12-18(2)14-23(13-17)29-27-30-26(32)25(33-27)16-21-15-19(3)31(20(21)4)24-10-8-22(9-11-24)28(5,6)7/h8-16H,1-7H3,(H,29,30,32)/b25-16-. The van der Waals surface area contributed by atoms with Crippen LogP contribution in [0, 0.1) is 27.7 Å². The Hall–Kier alpha value is -3.05. The number of aliphatic imine (C=N–C) groups is 1. The maximum Gasteiger partial charge on any atom is 0.264 e. The fourth-order valence-corrected chi connectivity index (χ4v) is 5.03. The summed E-state index contributed by atoms with van der Waals surface area (Å²) in [5, 5.41) is 3.52. The Kier molecular flexibility index (Phi) is 6.10. The van der Waals surface area contributed by atoms with Crippen molar-refractivity contribution < 1.29 is 4.79 Å². The zero-order valence-electron chi connectivity index (χ0n) is 20.4. The molecule has 3 aromatic rings. The number of hydrogen-bond donors (Lipinski definition) is 1. The minimum atomic E-state index is -0.109. The molecule has 0 radical (unpaired) electrons. The van der Waals surface area contributed by atoms with Gasteiger partial charge < -0.3 is 9.88 Å². The first-order valence-electron chi connectivity index (χ1n) is 11.2. The SMILES string of the molecule is Cc1cc(C)cc(N=C2NC(=O)/C(=C/c3cc(C)n(-c4ccc(C(C)(C)C)cc4)c3C)S2)c1. The van der Waals surface area contributed by atoms with Crippen LogP contribution in [0.2, 0.25) is 0 Å². The molecular weight excluding hydrogens is 426 g/mol. The number of amides is 1. The molecule has 0 spiro atoms. The highest BCUT2D eigenvalue weighted by Gasteiger charge is 2.25. The highest BCUT2D eigenvalue weighted by Crippen LogP contribution is 2.31. The summed E-state index contributed by atoms with van der Waals surface area (Å²) in [6, 6.07) is 17.0. The number of benzene rings is 2. The van der Waals surface area contributed by atoms with Gasteiger partial charge in [0.2, 0.25) is 0 Å². The van der Waals surface area contributed by atoms with Gasteiger partial charge in [-0.25, -0.2) is 4.99 Å². The summed E-state index contributed by atoms with van der Waals surface area (Å²) in [6.45, 7) is 15.0. The number of amidine groups is 1. The third-order valence-corrected chi connectivity index (χ3v) is 6.75. The van der Waals surface area contributed by atoms with E-state index in [1.54, 1.807) is 0 Å². The Morgan fingerprint density at radius 1 is 0.939 bits per heavy atom. The van der Waals surface area contributed by atoms with Gasteiger partial charge in [-0.15, -0.1) is 0 Å². The predicted molar refractivity (Wildman–Crippen MR) is 141 cm³/mol. The van der Waals surface area contributed by atoms with Gasteiger partial charge in [-0.05, 0) is 104 Å². The summed E-state index contributed by atoms with van der Waals surface area (Å²) in [7, 11) is 0. The molecule has 4 rings (SSSR count). The highest BCUT2D eigenvalue weighted by molar-refractivity contribution is 8.18. The van der Waals surface area contributed by atoms with E-state index in [-0.39, 0.29) is 11.3 Å². The van der Waals surface area contributed by atoms with Crippen molar-refractivity contribution in [3.63, 3.8) is 0 Å². The topological polar surface area (TPSA) is 46.4 Å². The van der Waals surface area contributed by atoms with Crippen LogP contribution in [0.5, 0.6) is 0 Å². The number of aryl methyl sites for hydroxylation is 3. The average Bonchev–Trinajstić information content (AvgIpc) is 3.18. The van der Waals surface area contributed by atoms with Crippen molar-refractivity contribution in [1.82, 2.24) is 9.88 Å². The highest BCUT2D eigenvalue weighted by atomic mass is 32.2. The molecule has 0 atom stereocenters. The van der Waals surface area contributed by atoms with Crippen LogP contribution in [-0.2, 0) is 10.2 Å². The summed E-state index contributed by atoms with van der Waals surface area (Å²) in [5.41, 5.74) is 9.01. The molecule has 5 heteroatoms. The van der Waals surface area contributed by atoms with Crippen LogP contribution in [0.1, 0.15) is 54.4 Å². The Balaban J connectivity index is 1.62. The smallest absolute Gasteiger partial charge is 0.264 e. The van der Waals surface area contributed by atoms with E-state index >= 15 is 0 Å². The maximum atomic E-state index is 12.6. The number of nitrogens with zero attached hydrogens (tertiary/aromatic N) is 2. The predicted octanol–water partition coefficient (Wildman–Crippen LogP) is 6.90. The maximum absolute atomic E-state index is 12.6. The molecule has 1 saturated heterocycles. The van der Waals surface area contributed by atoms with Crippen molar-refractivity contribution in [2.45, 2.75) is 53.9 Å². The zero-order chi connectivity index (χ0) is 23.9. The number of carbonyl (C=O) groups excluding carboxylic acids is 1. The lowest BCUT2D eigenvalue weighted by atomic mass is 9.87. The summed E-state index contributed by atoms with van der Waals surface area (Å²) in [4.78, 5) is 17.9. The Bertz CT molecular complexity index is 1270. The number of hydrogen-bond acceptors (Lipinski definition) is 3. The quantitative estimate of drug-likeness (QED) is 0.435. The van der Waals surface area contributed by atoms with Crippen molar-refractivity contribution in [3.8, 4) is 5.69 Å². The number of aromatic nitrogens is 1. The van der Waals surface area contributed by atoms with Crippen molar-refractivity contribution in [1.29, 1.82) is 0 Å². The van der Waals surface area contributed by atoms with Crippen LogP contribution in [-0.4, -0.2) is 15.6 Å². The molecule has 2 aromatic carbocycles. The van der Waals surface area contributed by atoms with E-state index < -0.39 is 0 Å². The van der Waals surface area contributed by atoms with Gasteiger partial charge in [-0.2, -0.15) is 0 Å². The summed E-state index contributed by atoms with van der Waals surface area (Å²) >= 11 is 1.39. The molecule has 1 aliphatic heterocycles. The lowest BCUT2D eigenvalue weighted by Gasteiger charge is -2.20. The molecule has 0 bridgehead atoms. The van der Waals surface area contributed by atoms with E-state index in [1.165, 1.54) is 17.3 Å². The van der Waals surface area contributed by atoms with Crippen LogP contribution < -0.4 is 5.32 Å². The molecule has 0 saturated carbocycles. The second-order valence-corrected chi connectivity index (χ2v) is 10.8. The summed E-state index contributed by atoms with van der Waals surface area (Å²) in [5.74, 6) is -0.109. The van der Waals surface area contributed by atoms with E-state index in [2.05, 4.69) is 99.7 Å². The number of carbonyl (C=O) groups is 1. The molecule has 0 aliphatic carbocycles. The molecule has 170 valence electrons. The van der Waals surface area contributed by atoms with Gasteiger partial charge in [0.1, 0.15) is 0 Å². The minimum absolute atomic E-state index is 0.109. The van der Waals surface area contributed by atoms with Gasteiger partial charge in [0.05, 0.1) is 10.6 Å². The fraction of sp³-hybridized carbons (Fsp3) is 0.286. The Labute approximate surface area is 200 Å². The molecule has 1 amide bonds. The first kappa shape index (κ1) is 23.1. The third-order valence-electron chi connectivity index (χ3n) is 5.84. The van der Waals surface area contributed by atoms with Crippen molar-refractivity contribution in [2.75, 3.05) is 0 Å². The lowest BCUT2D eigenvalue weighted by molar-refractivity contribution is -0.115. The number of thioether (sulfide) groups is 1. The number of rotatable bonds is 3. The van der Waals surface area contributed by atoms with Crippen LogP contribution in [0.4, 0.5) is 5.69 Å². The van der Waals surface area contributed by atoms with Gasteiger partial charge in [0.15, 0.2) is 5.17 Å². The van der Waals surface area contributed by atoms with Crippen molar-refractivity contribution in [3.05, 3.63) is 87.1 Å². The van der Waals surface area contributed by atoms with Crippen LogP contribution in [0.15, 0.2) is 58.4 Å². The van der Waals surface area contributed by atoms with Gasteiger partial charge in [0, 0.05) is 17.1 Å². The molecule has 1 aromatic heterocycles. The van der Waals surface area contributed by atoms with E-state index in [4.69, 9.17) is 0 Å². The van der Waals surface area contributed by atoms with Gasteiger partial charge >= 0.3 is 0 Å². The third kappa shape index (κ3) is 4.98. The fourth-order valence-electron chi connectivity index (χ4n) is 4.20. The van der Waals surface area contributed by atoms with E-state index in [9.17, 15) is 4.79 Å².